The van der Waals surface area contributed by atoms with E-state index >= 15 is 0 Å². The van der Waals surface area contributed by atoms with E-state index in [2.05, 4.69) is 24.4 Å². The molecule has 0 unspecified atom stereocenters. The summed E-state index contributed by atoms with van der Waals surface area (Å²) in [7, 11) is 0. The minimum absolute atomic E-state index is 0.00540. The van der Waals surface area contributed by atoms with E-state index in [1.807, 2.05) is 67.6 Å². The van der Waals surface area contributed by atoms with Crippen molar-refractivity contribution < 1.29 is 19.1 Å². The molecule has 35 heavy (non-hydrogen) atoms. The number of hydrogen-bond acceptors (Lipinski definition) is 4. The summed E-state index contributed by atoms with van der Waals surface area (Å²) < 4.78 is 11.5. The summed E-state index contributed by atoms with van der Waals surface area (Å²) in [6.07, 6.45) is 1.28. The number of piperidine rings is 1. The maximum Gasteiger partial charge on any atom is 0.260 e. The standard InChI is InChI=1S/C29H32N2O4/c1-21-7-6-8-23(17-21)19-34-26-11-12-27(22(2)18-26)30-29(33)24-13-15-31(16-14-24)28(32)20-35-25-9-4-3-5-10-25/h3-12,17-18,24H,13-16,19-20H2,1-2H3,(H,30,33). The smallest absolute Gasteiger partial charge is 0.260 e. The van der Waals surface area contributed by atoms with Crippen molar-refractivity contribution in [3.8, 4) is 11.5 Å². The van der Waals surface area contributed by atoms with Gasteiger partial charge in [0.05, 0.1) is 0 Å². The number of nitrogens with one attached hydrogen (secondary N) is 1. The number of hydrogen-bond donors (Lipinski definition) is 1. The fourth-order valence-electron chi connectivity index (χ4n) is 4.21. The number of para-hydroxylation sites is 1. The Kier molecular flexibility index (Phi) is 8.03. The highest BCUT2D eigenvalue weighted by atomic mass is 16.5. The van der Waals surface area contributed by atoms with Crippen LogP contribution in [0.2, 0.25) is 0 Å². The van der Waals surface area contributed by atoms with E-state index in [1.165, 1.54) is 5.56 Å². The van der Waals surface area contributed by atoms with Crippen LogP contribution in [0.4, 0.5) is 5.69 Å². The molecule has 2 amide bonds. The number of aryl methyl sites for hydroxylation is 2. The van der Waals surface area contributed by atoms with Gasteiger partial charge in [-0.25, -0.2) is 0 Å². The predicted molar refractivity (Wildman–Crippen MR) is 137 cm³/mol. The van der Waals surface area contributed by atoms with Crippen LogP contribution in [0.3, 0.4) is 0 Å². The van der Waals surface area contributed by atoms with E-state index < -0.39 is 0 Å². The first-order valence-corrected chi connectivity index (χ1v) is 12.0. The molecular weight excluding hydrogens is 440 g/mol. The number of nitrogens with zero attached hydrogens (tertiary/aromatic N) is 1. The molecular formula is C29H32N2O4. The molecule has 182 valence electrons. The first-order valence-electron chi connectivity index (χ1n) is 12.0. The van der Waals surface area contributed by atoms with Crippen molar-refractivity contribution in [3.05, 3.63) is 89.5 Å². The number of benzene rings is 3. The minimum atomic E-state index is -0.120. The Morgan fingerprint density at radius 3 is 2.37 bits per heavy atom. The molecule has 0 atom stereocenters. The zero-order chi connectivity index (χ0) is 24.6. The van der Waals surface area contributed by atoms with Crippen LogP contribution < -0.4 is 14.8 Å². The second kappa shape index (κ2) is 11.6. The molecule has 6 nitrogen and oxygen atoms in total. The Hall–Kier alpha value is -3.80. The van der Waals surface area contributed by atoms with Crippen LogP contribution in [0.1, 0.15) is 29.5 Å². The summed E-state index contributed by atoms with van der Waals surface area (Å²) in [5, 5.41) is 3.06. The lowest BCUT2D eigenvalue weighted by atomic mass is 9.95. The van der Waals surface area contributed by atoms with Gasteiger partial charge in [-0.05, 0) is 68.1 Å². The molecule has 0 radical (unpaired) electrons. The van der Waals surface area contributed by atoms with Crippen molar-refractivity contribution >= 4 is 17.5 Å². The molecule has 0 spiro atoms. The van der Waals surface area contributed by atoms with Crippen molar-refractivity contribution in [2.45, 2.75) is 33.3 Å². The molecule has 3 aromatic carbocycles. The molecule has 0 bridgehead atoms. The van der Waals surface area contributed by atoms with Crippen molar-refractivity contribution in [2.75, 3.05) is 25.0 Å². The first kappa shape index (κ1) is 24.3. The van der Waals surface area contributed by atoms with Crippen LogP contribution >= 0.6 is 0 Å². The summed E-state index contributed by atoms with van der Waals surface area (Å²) >= 11 is 0. The number of carbonyl (C=O) groups excluding carboxylic acids is 2. The lowest BCUT2D eigenvalue weighted by molar-refractivity contribution is -0.136. The normalized spacial score (nSPS) is 13.8. The minimum Gasteiger partial charge on any atom is -0.489 e. The largest absolute Gasteiger partial charge is 0.489 e. The van der Waals surface area contributed by atoms with Gasteiger partial charge in [-0.1, -0.05) is 48.0 Å². The van der Waals surface area contributed by atoms with Gasteiger partial charge < -0.3 is 19.7 Å². The highest BCUT2D eigenvalue weighted by Gasteiger charge is 2.27. The lowest BCUT2D eigenvalue weighted by Gasteiger charge is -2.31. The van der Waals surface area contributed by atoms with Crippen LogP contribution in [0.15, 0.2) is 72.8 Å². The van der Waals surface area contributed by atoms with Crippen molar-refractivity contribution in [2.24, 2.45) is 5.92 Å². The van der Waals surface area contributed by atoms with Crippen LogP contribution in [0.25, 0.3) is 0 Å². The quantitative estimate of drug-likeness (QED) is 0.493. The summed E-state index contributed by atoms with van der Waals surface area (Å²) in [6.45, 7) is 5.65. The van der Waals surface area contributed by atoms with Gasteiger partial charge in [0.25, 0.3) is 5.91 Å². The molecule has 1 aliphatic heterocycles. The van der Waals surface area contributed by atoms with Gasteiger partial charge in [0, 0.05) is 24.7 Å². The zero-order valence-corrected chi connectivity index (χ0v) is 20.3. The van der Waals surface area contributed by atoms with E-state index in [0.717, 1.165) is 22.6 Å². The van der Waals surface area contributed by atoms with Crippen LogP contribution in [0, 0.1) is 19.8 Å². The fraction of sp³-hybridized carbons (Fsp3) is 0.310. The molecule has 6 heteroatoms. The number of carbonyl (C=O) groups is 2. The number of likely N-dealkylation sites (tertiary alicyclic amines) is 1. The molecule has 1 N–H and O–H groups in total. The Balaban J connectivity index is 1.23. The van der Waals surface area contributed by atoms with Crippen molar-refractivity contribution in [3.63, 3.8) is 0 Å². The average molecular weight is 473 g/mol. The van der Waals surface area contributed by atoms with E-state index in [0.29, 0.717) is 38.3 Å². The van der Waals surface area contributed by atoms with Gasteiger partial charge in [-0.2, -0.15) is 0 Å². The zero-order valence-electron chi connectivity index (χ0n) is 20.3. The number of ether oxygens (including phenoxy) is 2. The van der Waals surface area contributed by atoms with Crippen LogP contribution in [-0.2, 0) is 16.2 Å². The monoisotopic (exact) mass is 472 g/mol. The molecule has 1 heterocycles. The van der Waals surface area contributed by atoms with E-state index in [-0.39, 0.29) is 24.3 Å². The summed E-state index contributed by atoms with van der Waals surface area (Å²) in [4.78, 5) is 27.1. The summed E-state index contributed by atoms with van der Waals surface area (Å²) in [5.74, 6) is 1.27. The highest BCUT2D eigenvalue weighted by Crippen LogP contribution is 2.25. The van der Waals surface area contributed by atoms with Gasteiger partial charge in [0.1, 0.15) is 18.1 Å². The maximum atomic E-state index is 12.9. The van der Waals surface area contributed by atoms with E-state index in [9.17, 15) is 9.59 Å². The third-order valence-electron chi connectivity index (χ3n) is 6.27. The second-order valence-electron chi connectivity index (χ2n) is 9.00. The summed E-state index contributed by atoms with van der Waals surface area (Å²) in [5.41, 5.74) is 4.06. The number of anilines is 1. The van der Waals surface area contributed by atoms with Gasteiger partial charge >= 0.3 is 0 Å². The molecule has 1 fully saturated rings. The highest BCUT2D eigenvalue weighted by molar-refractivity contribution is 5.93. The van der Waals surface area contributed by atoms with Gasteiger partial charge in [-0.15, -0.1) is 0 Å². The average Bonchev–Trinajstić information content (AvgIpc) is 2.88. The number of rotatable bonds is 8. The van der Waals surface area contributed by atoms with Crippen molar-refractivity contribution in [1.82, 2.24) is 4.90 Å². The van der Waals surface area contributed by atoms with Crippen LogP contribution in [-0.4, -0.2) is 36.4 Å². The molecule has 3 aromatic rings. The van der Waals surface area contributed by atoms with E-state index in [4.69, 9.17) is 9.47 Å². The Morgan fingerprint density at radius 2 is 1.66 bits per heavy atom. The third-order valence-corrected chi connectivity index (χ3v) is 6.27. The third kappa shape index (κ3) is 6.85. The molecule has 0 aliphatic carbocycles. The van der Waals surface area contributed by atoms with Gasteiger partial charge in [0.2, 0.25) is 5.91 Å². The lowest BCUT2D eigenvalue weighted by Crippen LogP contribution is -2.43. The SMILES string of the molecule is Cc1cccc(COc2ccc(NC(=O)C3CCN(C(=O)COc4ccccc4)CC3)c(C)c2)c1. The predicted octanol–water partition coefficient (Wildman–Crippen LogP) is 5.14. The Labute approximate surface area is 206 Å². The van der Waals surface area contributed by atoms with Gasteiger partial charge in [-0.3, -0.25) is 9.59 Å². The topological polar surface area (TPSA) is 67.9 Å². The van der Waals surface area contributed by atoms with Crippen molar-refractivity contribution in [1.29, 1.82) is 0 Å². The molecule has 1 saturated heterocycles. The summed E-state index contributed by atoms with van der Waals surface area (Å²) in [6, 6.07) is 23.3. The molecule has 0 aromatic heterocycles. The molecule has 0 saturated carbocycles. The number of amides is 2. The first-order chi connectivity index (χ1) is 17.0. The molecule has 4 rings (SSSR count). The second-order valence-corrected chi connectivity index (χ2v) is 9.00. The van der Waals surface area contributed by atoms with E-state index in [1.54, 1.807) is 4.90 Å². The Bertz CT molecular complexity index is 1150. The van der Waals surface area contributed by atoms with Gasteiger partial charge in [0.15, 0.2) is 6.61 Å². The maximum absolute atomic E-state index is 12.9. The Morgan fingerprint density at radius 1 is 0.886 bits per heavy atom. The molecule has 1 aliphatic rings. The fourth-order valence-corrected chi connectivity index (χ4v) is 4.21. The van der Waals surface area contributed by atoms with Crippen LogP contribution in [0.5, 0.6) is 11.5 Å².